The first-order chi connectivity index (χ1) is 6.22. The van der Waals surface area contributed by atoms with Gasteiger partial charge in [0, 0.05) is 33.2 Å². The Labute approximate surface area is 82.6 Å². The van der Waals surface area contributed by atoms with E-state index in [1.807, 2.05) is 0 Å². The van der Waals surface area contributed by atoms with Crippen LogP contribution in [0.2, 0.25) is 0 Å². The molecule has 0 unspecified atom stereocenters. The number of piperazine rings is 1. The van der Waals surface area contributed by atoms with E-state index in [-0.39, 0.29) is 6.97 Å². The van der Waals surface area contributed by atoms with Gasteiger partial charge in [-0.3, -0.25) is 0 Å². The molecule has 3 heteroatoms. The van der Waals surface area contributed by atoms with Gasteiger partial charge >= 0.3 is 0 Å². The Morgan fingerprint density at radius 1 is 1.62 bits per heavy atom. The molecule has 0 saturated carbocycles. The summed E-state index contributed by atoms with van der Waals surface area (Å²) in [4.78, 5) is 2.37. The molecule has 0 aromatic rings. The molecule has 0 radical (unpaired) electrons. The molecule has 0 spiro atoms. The molecule has 1 fully saturated rings. The third kappa shape index (κ3) is 2.93. The number of likely N-dealkylation sites (N-methyl/N-ethyl adjacent to an activating group) is 1. The molecule has 1 rings (SSSR count). The van der Waals surface area contributed by atoms with Gasteiger partial charge in [0.1, 0.15) is 0 Å². The molecule has 3 nitrogen and oxygen atoms in total. The maximum absolute atomic E-state index is 8.83. The van der Waals surface area contributed by atoms with Crippen LogP contribution in [-0.2, 0) is 0 Å². The number of hydrogen-bond donors (Lipinski definition) is 2. The van der Waals surface area contributed by atoms with Crippen molar-refractivity contribution in [2.24, 2.45) is 0 Å². The Morgan fingerprint density at radius 2 is 2.38 bits per heavy atom. The van der Waals surface area contributed by atoms with Crippen LogP contribution in [0.3, 0.4) is 0 Å². The quantitative estimate of drug-likeness (QED) is 0.681. The van der Waals surface area contributed by atoms with Gasteiger partial charge in [0.2, 0.25) is 0 Å². The van der Waals surface area contributed by atoms with Crippen molar-refractivity contribution in [2.45, 2.75) is 31.7 Å². The van der Waals surface area contributed by atoms with Crippen LogP contribution >= 0.6 is 0 Å². The van der Waals surface area contributed by atoms with Crippen molar-refractivity contribution in [3.8, 4) is 0 Å². The highest BCUT2D eigenvalue weighted by Crippen LogP contribution is 2.20. The van der Waals surface area contributed by atoms with Crippen molar-refractivity contribution in [2.75, 3.05) is 33.3 Å². The zero-order valence-corrected chi connectivity index (χ0v) is 8.84. The van der Waals surface area contributed by atoms with Gasteiger partial charge in [-0.1, -0.05) is 6.92 Å². The Balaban J connectivity index is 0.00000169. The Bertz CT molecular complexity index is 157. The molecular formula is C10H24N2O. The third-order valence-electron chi connectivity index (χ3n) is 3.06. The summed E-state index contributed by atoms with van der Waals surface area (Å²) in [7, 11) is 2.17. The monoisotopic (exact) mass is 188 g/mol. The number of rotatable bonds is 4. The molecule has 1 aliphatic rings. The number of aliphatic hydroxyl groups excluding tert-OH is 1. The van der Waals surface area contributed by atoms with Crippen molar-refractivity contribution < 1.29 is 6.53 Å². The van der Waals surface area contributed by atoms with Gasteiger partial charge in [-0.2, -0.15) is 0 Å². The van der Waals surface area contributed by atoms with E-state index in [4.69, 9.17) is 5.11 Å². The first kappa shape index (κ1) is 11.0. The molecule has 1 atom stereocenters. The average Bonchev–Trinajstić information content (AvgIpc) is 2.15. The standard InChI is InChI=1S/C10H22N2O.H2/c1-3-10(5-4-8-13)9-12(2)7-6-11-10;/h11,13H,3-9H2,1-2H3;1H/t10-;/m0./s1. The minimum Gasteiger partial charge on any atom is -0.396 e. The maximum atomic E-state index is 8.83. The first-order valence-electron chi connectivity index (χ1n) is 5.27. The lowest BCUT2D eigenvalue weighted by atomic mass is 9.88. The van der Waals surface area contributed by atoms with Crippen LogP contribution < -0.4 is 5.32 Å². The zero-order chi connectivity index (χ0) is 9.73. The maximum Gasteiger partial charge on any atom is 0.0431 e. The van der Waals surface area contributed by atoms with E-state index in [2.05, 4.69) is 24.2 Å². The largest absolute Gasteiger partial charge is 0.396 e. The molecule has 1 aliphatic heterocycles. The van der Waals surface area contributed by atoms with Crippen LogP contribution in [0.25, 0.3) is 0 Å². The molecular weight excluding hydrogens is 164 g/mol. The summed E-state index contributed by atoms with van der Waals surface area (Å²) in [5, 5.41) is 12.4. The van der Waals surface area contributed by atoms with E-state index >= 15 is 0 Å². The molecule has 1 saturated heterocycles. The van der Waals surface area contributed by atoms with Crippen LogP contribution in [0, 0.1) is 0 Å². The number of nitrogens with one attached hydrogen (secondary N) is 1. The highest BCUT2D eigenvalue weighted by Gasteiger charge is 2.31. The lowest BCUT2D eigenvalue weighted by Crippen LogP contribution is -2.59. The van der Waals surface area contributed by atoms with E-state index in [0.717, 1.165) is 38.9 Å². The van der Waals surface area contributed by atoms with E-state index in [1.54, 1.807) is 0 Å². The van der Waals surface area contributed by atoms with Crippen LogP contribution in [0.1, 0.15) is 27.6 Å². The van der Waals surface area contributed by atoms with E-state index < -0.39 is 0 Å². The molecule has 0 bridgehead atoms. The molecule has 0 aromatic carbocycles. The van der Waals surface area contributed by atoms with E-state index in [0.29, 0.717) is 6.61 Å². The van der Waals surface area contributed by atoms with Gasteiger partial charge < -0.3 is 15.3 Å². The van der Waals surface area contributed by atoms with Crippen molar-refractivity contribution in [3.05, 3.63) is 0 Å². The van der Waals surface area contributed by atoms with Gasteiger partial charge in [0.15, 0.2) is 0 Å². The second kappa shape index (κ2) is 4.94. The molecule has 0 aliphatic carbocycles. The smallest absolute Gasteiger partial charge is 0.0431 e. The normalized spacial score (nSPS) is 30.7. The topological polar surface area (TPSA) is 35.5 Å². The number of aliphatic hydroxyl groups is 1. The van der Waals surface area contributed by atoms with Crippen LogP contribution in [0.4, 0.5) is 0 Å². The predicted octanol–water partition coefficient (Wildman–Crippen LogP) is 0.689. The fraction of sp³-hybridized carbons (Fsp3) is 1.00. The van der Waals surface area contributed by atoms with Crippen molar-refractivity contribution in [3.63, 3.8) is 0 Å². The second-order valence-electron chi connectivity index (χ2n) is 4.13. The summed E-state index contributed by atoms with van der Waals surface area (Å²) in [5.74, 6) is 0. The second-order valence-corrected chi connectivity index (χ2v) is 4.13. The number of hydrogen-bond acceptors (Lipinski definition) is 3. The zero-order valence-electron chi connectivity index (χ0n) is 8.84. The van der Waals surface area contributed by atoms with Gasteiger partial charge in [0.05, 0.1) is 0 Å². The highest BCUT2D eigenvalue weighted by molar-refractivity contribution is 4.92. The highest BCUT2D eigenvalue weighted by atomic mass is 16.2. The van der Waals surface area contributed by atoms with Crippen LogP contribution in [-0.4, -0.2) is 48.8 Å². The van der Waals surface area contributed by atoms with Gasteiger partial charge in [-0.15, -0.1) is 0 Å². The minimum atomic E-state index is 0. The Hall–Kier alpha value is -0.120. The summed E-state index contributed by atoms with van der Waals surface area (Å²) in [6.07, 6.45) is 3.15. The first-order valence-corrected chi connectivity index (χ1v) is 5.27. The van der Waals surface area contributed by atoms with Gasteiger partial charge in [-0.05, 0) is 26.3 Å². The summed E-state index contributed by atoms with van der Waals surface area (Å²) in [5.41, 5.74) is 0.260. The van der Waals surface area contributed by atoms with Crippen LogP contribution in [0.5, 0.6) is 0 Å². The van der Waals surface area contributed by atoms with Gasteiger partial charge in [-0.25, -0.2) is 0 Å². The Morgan fingerprint density at radius 3 is 2.92 bits per heavy atom. The van der Waals surface area contributed by atoms with E-state index in [1.165, 1.54) is 0 Å². The molecule has 0 amide bonds. The summed E-state index contributed by atoms with van der Waals surface area (Å²) in [6.45, 7) is 5.87. The van der Waals surface area contributed by atoms with Gasteiger partial charge in [0.25, 0.3) is 0 Å². The predicted molar refractivity (Wildman–Crippen MR) is 57.0 cm³/mol. The Kier molecular flexibility index (Phi) is 4.16. The summed E-state index contributed by atoms with van der Waals surface area (Å²) < 4.78 is 0. The van der Waals surface area contributed by atoms with Crippen LogP contribution in [0.15, 0.2) is 0 Å². The fourth-order valence-corrected chi connectivity index (χ4v) is 2.16. The van der Waals surface area contributed by atoms with Crippen molar-refractivity contribution in [1.82, 2.24) is 10.2 Å². The van der Waals surface area contributed by atoms with E-state index in [9.17, 15) is 0 Å². The molecule has 13 heavy (non-hydrogen) atoms. The third-order valence-corrected chi connectivity index (χ3v) is 3.06. The summed E-state index contributed by atoms with van der Waals surface area (Å²) >= 11 is 0. The number of nitrogens with zero attached hydrogens (tertiary/aromatic N) is 1. The van der Waals surface area contributed by atoms with Crippen molar-refractivity contribution >= 4 is 0 Å². The SMILES string of the molecule is CC[C@]1(CCCO)CN(C)CCN1.[HH]. The molecule has 80 valence electrons. The summed E-state index contributed by atoms with van der Waals surface area (Å²) in [6, 6.07) is 0. The minimum absolute atomic E-state index is 0. The lowest BCUT2D eigenvalue weighted by Gasteiger charge is -2.42. The van der Waals surface area contributed by atoms with Crippen molar-refractivity contribution in [1.29, 1.82) is 0 Å². The molecule has 0 aromatic heterocycles. The fourth-order valence-electron chi connectivity index (χ4n) is 2.16. The average molecular weight is 188 g/mol. The lowest BCUT2D eigenvalue weighted by molar-refractivity contribution is 0.132. The molecule has 1 heterocycles. The molecule has 2 N–H and O–H groups in total.